The van der Waals surface area contributed by atoms with Crippen LogP contribution in [0.2, 0.25) is 0 Å². The van der Waals surface area contributed by atoms with Crippen LogP contribution in [-0.2, 0) is 60.3 Å². The summed E-state index contributed by atoms with van der Waals surface area (Å²) in [5.41, 5.74) is 22.1. The molecule has 0 aliphatic rings. The number of rotatable bonds is 9. The number of hydrogen-bond donors (Lipinski definition) is 0. The topological polar surface area (TPSA) is 116 Å². The Morgan fingerprint density at radius 2 is 0.545 bits per heavy atom. The van der Waals surface area contributed by atoms with Gasteiger partial charge in [-0.2, -0.15) is 0 Å². The van der Waals surface area contributed by atoms with Crippen molar-refractivity contribution in [2.75, 3.05) is 0 Å². The van der Waals surface area contributed by atoms with E-state index in [4.69, 9.17) is 12.3 Å². The van der Waals surface area contributed by atoms with Crippen molar-refractivity contribution in [3.63, 3.8) is 0 Å². The quantitative estimate of drug-likeness (QED) is 0.130. The van der Waals surface area contributed by atoms with Crippen LogP contribution in [-0.4, -0.2) is 44.9 Å². The Morgan fingerprint density at radius 1 is 0.228 bits per heavy atom. The van der Waals surface area contributed by atoms with Crippen molar-refractivity contribution >= 4 is 0 Å². The first kappa shape index (κ1) is 65.2. The van der Waals surface area contributed by atoms with E-state index in [9.17, 15) is 0 Å². The third kappa shape index (κ3) is 23.1. The van der Waals surface area contributed by atoms with Gasteiger partial charge in [0.15, 0.2) is 0 Å². The van der Waals surface area contributed by atoms with Crippen molar-refractivity contribution in [1.29, 1.82) is 0 Å². The summed E-state index contributed by atoms with van der Waals surface area (Å²) in [7, 11) is 0. The molecule has 15 aromatic rings. The van der Waals surface area contributed by atoms with Crippen LogP contribution in [0.3, 0.4) is 0 Å². The Balaban J connectivity index is 0.000000183. The SMILES string of the molecule is Cc1cccnc1-c1ccc(-c2[c-]cccc2)nc1.Cc1cccnc1-c1ccc(-c2[c-]cccc2)nc1.[2H]C([2H])([2H])c1cnc(-c2[c-]cccc2)cc1C.[2H]C([2H])([2H])c1cnc(-c2[c-]cccc2)cc1C.[2H]C([2H])([2H])c1cnc(-c2[c-]cccc2)cc1C.[Ir].[Ir].[Ir].[c-]1ccccc1-c1cc(-c2ccccn2)ccn1. The van der Waals surface area contributed by atoms with Crippen LogP contribution < -0.4 is 0 Å². The first-order chi connectivity index (χ1) is 51.6. The minimum Gasteiger partial charge on any atom is -0.305 e. The van der Waals surface area contributed by atoms with Gasteiger partial charge in [0.1, 0.15) is 0 Å². The summed E-state index contributed by atoms with van der Waals surface area (Å²) in [4.78, 5) is 39.1. The minimum atomic E-state index is -2.10. The number of benzene rings is 6. The zero-order valence-corrected chi connectivity index (χ0v) is 63.0. The normalized spacial score (nSPS) is 11.6. The number of aromatic nitrogens is 9. The summed E-state index contributed by atoms with van der Waals surface area (Å²) >= 11 is 0. The maximum atomic E-state index is 7.37. The fraction of sp³-hybridized carbons (Fsp3) is 0.0899. The van der Waals surface area contributed by atoms with Crippen LogP contribution in [0.1, 0.15) is 56.8 Å². The Morgan fingerprint density at radius 3 is 0.832 bits per heavy atom. The molecule has 0 fully saturated rings. The van der Waals surface area contributed by atoms with Gasteiger partial charge in [-0.25, -0.2) is 0 Å². The zero-order valence-electron chi connectivity index (χ0n) is 64.8. The van der Waals surface area contributed by atoms with E-state index < -0.39 is 20.6 Å². The number of hydrogen-bond acceptors (Lipinski definition) is 9. The molecular weight excluding hydrogens is 1770 g/mol. The molecule has 0 aliphatic heterocycles. The van der Waals surface area contributed by atoms with Gasteiger partial charge in [0.2, 0.25) is 0 Å². The number of aryl methyl sites for hydroxylation is 8. The monoisotopic (exact) mass is 1860 g/mol. The van der Waals surface area contributed by atoms with Crippen LogP contribution in [0.5, 0.6) is 0 Å². The van der Waals surface area contributed by atoms with Gasteiger partial charge < -0.3 is 29.9 Å². The van der Waals surface area contributed by atoms with Gasteiger partial charge in [0, 0.05) is 140 Å². The summed E-state index contributed by atoms with van der Waals surface area (Å²) in [5.74, 6) is 0. The molecule has 0 bridgehead atoms. The summed E-state index contributed by atoms with van der Waals surface area (Å²) in [6.07, 6.45) is 15.2. The second-order valence-electron chi connectivity index (χ2n) is 22.2. The number of pyridine rings is 9. The smallest absolute Gasteiger partial charge is 0.0745 e. The molecule has 101 heavy (non-hydrogen) atoms. The maximum Gasteiger partial charge on any atom is 0.0745 e. The van der Waals surface area contributed by atoms with E-state index >= 15 is 0 Å². The second-order valence-corrected chi connectivity index (χ2v) is 22.2. The van der Waals surface area contributed by atoms with E-state index in [1.54, 1.807) is 63.8 Å². The molecule has 0 saturated carbocycles. The summed E-state index contributed by atoms with van der Waals surface area (Å²) in [6, 6.07) is 96.1. The van der Waals surface area contributed by atoms with E-state index in [1.165, 1.54) is 18.6 Å². The van der Waals surface area contributed by atoms with Crippen molar-refractivity contribution < 1.29 is 72.7 Å². The van der Waals surface area contributed by atoms with Gasteiger partial charge in [0.05, 0.1) is 17.1 Å². The molecule has 0 saturated heterocycles. The van der Waals surface area contributed by atoms with Crippen LogP contribution in [0.25, 0.3) is 101 Å². The maximum absolute atomic E-state index is 7.37. The fourth-order valence-corrected chi connectivity index (χ4v) is 9.66. The summed E-state index contributed by atoms with van der Waals surface area (Å²) in [6.45, 7) is 3.17. The van der Waals surface area contributed by atoms with Crippen molar-refractivity contribution in [2.45, 2.75) is 55.2 Å². The summed E-state index contributed by atoms with van der Waals surface area (Å²) in [5, 5.41) is 0. The van der Waals surface area contributed by atoms with Crippen LogP contribution >= 0.6 is 0 Å². The predicted molar refractivity (Wildman–Crippen MR) is 399 cm³/mol. The van der Waals surface area contributed by atoms with Crippen LogP contribution in [0.15, 0.2) is 298 Å². The Hall–Kier alpha value is -10.4. The molecule has 0 aliphatic carbocycles. The molecular formula is C89H73Ir3N9-6. The van der Waals surface area contributed by atoms with Gasteiger partial charge >= 0.3 is 0 Å². The fourth-order valence-electron chi connectivity index (χ4n) is 9.66. The molecule has 9 nitrogen and oxygen atoms in total. The van der Waals surface area contributed by atoms with Crippen molar-refractivity contribution in [2.24, 2.45) is 0 Å². The molecule has 0 unspecified atom stereocenters. The van der Waals surface area contributed by atoms with E-state index in [0.29, 0.717) is 16.7 Å². The van der Waals surface area contributed by atoms with Gasteiger partial charge in [-0.1, -0.05) is 83.4 Å². The first-order valence-corrected chi connectivity index (χ1v) is 31.4. The molecule has 507 valence electrons. The molecule has 0 N–H and O–H groups in total. The predicted octanol–water partition coefficient (Wildman–Crippen LogP) is 20.9. The molecule has 3 radical (unpaired) electrons. The van der Waals surface area contributed by atoms with Gasteiger partial charge in [-0.05, 0) is 153 Å². The van der Waals surface area contributed by atoms with E-state index in [0.717, 1.165) is 129 Å². The third-order valence-electron chi connectivity index (χ3n) is 15.1. The zero-order chi connectivity index (χ0) is 75.8. The summed E-state index contributed by atoms with van der Waals surface area (Å²) < 4.78 is 66.4. The second kappa shape index (κ2) is 40.6. The third-order valence-corrected chi connectivity index (χ3v) is 15.1. The molecule has 9 heterocycles. The Kier molecular flexibility index (Phi) is 26.2. The standard InChI is InChI=1S/2C17H13N2.C16H11N2.3C13H12N.3Ir/c2*1-13-6-5-11-18-17(13)15-9-10-16(19-12-15)14-7-3-2-4-8-14;1-2-6-13(7-3-1)16-12-14(9-11-18-16)15-8-4-5-10-17-15;3*1-10-8-13(14-9-11(10)2)12-6-4-3-5-7-12;;;/h2*2-7,9-12H,1H3;1-6,8-12H;3*3-6,8-9H,1-2H3;;;/q6*-1;;;/i;;;3*2D3;;;. The molecule has 12 heteroatoms. The van der Waals surface area contributed by atoms with Gasteiger partial charge in [-0.3, -0.25) is 15.0 Å². The number of nitrogens with zero attached hydrogens (tertiary/aromatic N) is 9. The van der Waals surface area contributed by atoms with Crippen LogP contribution in [0, 0.1) is 91.6 Å². The van der Waals surface area contributed by atoms with Gasteiger partial charge in [-0.15, -0.1) is 215 Å². The molecule has 15 rings (SSSR count). The molecule has 0 spiro atoms. The van der Waals surface area contributed by atoms with Crippen molar-refractivity contribution in [3.05, 3.63) is 379 Å². The molecule has 0 atom stereocenters. The van der Waals surface area contributed by atoms with E-state index in [2.05, 4.69) is 119 Å². The minimum absolute atomic E-state index is 0. The molecule has 0 amide bonds. The van der Waals surface area contributed by atoms with E-state index in [-0.39, 0.29) is 60.3 Å². The van der Waals surface area contributed by atoms with E-state index in [1.807, 2.05) is 213 Å². The molecule has 6 aromatic carbocycles. The van der Waals surface area contributed by atoms with Gasteiger partial charge in [0.25, 0.3) is 0 Å². The molecule has 9 aromatic heterocycles. The average Bonchev–Trinajstić information content (AvgIpc) is 0.834. The van der Waals surface area contributed by atoms with Crippen molar-refractivity contribution in [3.8, 4) is 101 Å². The largest absolute Gasteiger partial charge is 0.305 e. The Labute approximate surface area is 648 Å². The van der Waals surface area contributed by atoms with Crippen LogP contribution in [0.4, 0.5) is 0 Å². The average molecular weight is 1850 g/mol. The Bertz CT molecular complexity index is 4860. The first-order valence-electron chi connectivity index (χ1n) is 35.9. The van der Waals surface area contributed by atoms with Crippen molar-refractivity contribution in [1.82, 2.24) is 44.9 Å².